The van der Waals surface area contributed by atoms with Crippen molar-refractivity contribution >= 4 is 33.0 Å². The molecule has 0 unspecified atom stereocenters. The molecule has 1 atom stereocenters. The molecule has 4 rings (SSSR count). The molecular weight excluding hydrogens is 520 g/mol. The van der Waals surface area contributed by atoms with Crippen molar-refractivity contribution in [2.45, 2.75) is 44.7 Å². The number of aryl methyl sites for hydroxylation is 3. The molecule has 9 nitrogen and oxygen atoms in total. The smallest absolute Gasteiger partial charge is 0.408 e. The molecule has 0 saturated carbocycles. The van der Waals surface area contributed by atoms with E-state index in [1.54, 1.807) is 69.5 Å². The minimum Gasteiger partial charge on any atom is -0.497 e. The Morgan fingerprint density at radius 3 is 2.26 bits per heavy atom. The Morgan fingerprint density at radius 2 is 1.64 bits per heavy atom. The maximum atomic E-state index is 13.8. The summed E-state index contributed by atoms with van der Waals surface area (Å²) in [6, 6.07) is 16.0. The number of amides is 1. The van der Waals surface area contributed by atoms with Gasteiger partial charge in [0.25, 0.3) is 10.0 Å². The first-order valence-electron chi connectivity index (χ1n) is 12.2. The molecule has 0 bridgehead atoms. The van der Waals surface area contributed by atoms with Gasteiger partial charge >= 0.3 is 12.1 Å². The number of ether oxygens (including phenoxy) is 2. The van der Waals surface area contributed by atoms with Crippen molar-refractivity contribution in [1.29, 1.82) is 0 Å². The zero-order valence-corrected chi connectivity index (χ0v) is 22.9. The largest absolute Gasteiger partial charge is 0.497 e. The van der Waals surface area contributed by atoms with E-state index in [-0.39, 0.29) is 17.9 Å². The Labute approximate surface area is 227 Å². The number of rotatable bonds is 9. The van der Waals surface area contributed by atoms with Crippen LogP contribution in [0.2, 0.25) is 0 Å². The standard InChI is InChI=1S/C29H30N2O7S/c1-18-13-19(2)27(20(3)14-18)39(35,36)31-16-22(24-7-5-6-8-26(24)31)15-25(28(32)33)30-29(34)38-17-21-9-11-23(37-4)12-10-21/h5-14,16,25H,15,17H2,1-4H3,(H,30,34)(H,32,33)/t25-/m0/s1. The molecule has 0 aliphatic heterocycles. The number of carbonyl (C=O) groups is 2. The number of alkyl carbamates (subject to hydrolysis) is 1. The van der Waals surface area contributed by atoms with Crippen molar-refractivity contribution in [3.63, 3.8) is 0 Å². The summed E-state index contributed by atoms with van der Waals surface area (Å²) in [5.41, 5.74) is 3.77. The second-order valence-electron chi connectivity index (χ2n) is 9.36. The molecule has 10 heteroatoms. The first-order chi connectivity index (χ1) is 18.5. The number of nitrogens with one attached hydrogen (secondary N) is 1. The second-order valence-corrected chi connectivity index (χ2v) is 11.1. The summed E-state index contributed by atoms with van der Waals surface area (Å²) in [6.07, 6.45) is 0.376. The topological polar surface area (TPSA) is 124 Å². The van der Waals surface area contributed by atoms with E-state index < -0.39 is 28.1 Å². The van der Waals surface area contributed by atoms with E-state index in [1.807, 2.05) is 19.1 Å². The van der Waals surface area contributed by atoms with Crippen molar-refractivity contribution in [2.75, 3.05) is 7.11 Å². The maximum Gasteiger partial charge on any atom is 0.408 e. The minimum absolute atomic E-state index is 0.0605. The van der Waals surface area contributed by atoms with Crippen molar-refractivity contribution in [2.24, 2.45) is 0 Å². The van der Waals surface area contributed by atoms with Crippen LogP contribution in [0.3, 0.4) is 0 Å². The third-order valence-corrected chi connectivity index (χ3v) is 8.41. The number of aliphatic carboxylic acids is 1. The molecule has 39 heavy (non-hydrogen) atoms. The highest BCUT2D eigenvalue weighted by Crippen LogP contribution is 2.30. The zero-order valence-electron chi connectivity index (χ0n) is 22.1. The molecule has 0 radical (unpaired) electrons. The Bertz CT molecular complexity index is 1620. The van der Waals surface area contributed by atoms with E-state index in [1.165, 1.54) is 10.2 Å². The lowest BCUT2D eigenvalue weighted by Crippen LogP contribution is -2.42. The van der Waals surface area contributed by atoms with Crippen molar-refractivity contribution < 1.29 is 32.6 Å². The van der Waals surface area contributed by atoms with Gasteiger partial charge in [0.15, 0.2) is 0 Å². The summed E-state index contributed by atoms with van der Waals surface area (Å²) in [5, 5.41) is 12.8. The molecule has 0 spiro atoms. The van der Waals surface area contributed by atoms with Crippen molar-refractivity contribution in [3.8, 4) is 5.75 Å². The van der Waals surface area contributed by atoms with Crippen LogP contribution in [0.4, 0.5) is 4.79 Å². The monoisotopic (exact) mass is 550 g/mol. The van der Waals surface area contributed by atoms with Crippen LogP contribution in [0.15, 0.2) is 71.8 Å². The number of carbonyl (C=O) groups excluding carboxylic acids is 1. The molecule has 3 aromatic carbocycles. The van der Waals surface area contributed by atoms with Crippen LogP contribution in [0, 0.1) is 20.8 Å². The molecule has 204 valence electrons. The Kier molecular flexibility index (Phi) is 7.96. The second kappa shape index (κ2) is 11.2. The number of carboxylic acid groups (broad SMARTS) is 1. The molecule has 1 aromatic heterocycles. The quantitative estimate of drug-likeness (QED) is 0.309. The van der Waals surface area contributed by atoms with Gasteiger partial charge in [-0.25, -0.2) is 22.0 Å². The van der Waals surface area contributed by atoms with E-state index in [2.05, 4.69) is 5.32 Å². The van der Waals surface area contributed by atoms with E-state index in [9.17, 15) is 23.1 Å². The molecule has 0 aliphatic carbocycles. The molecule has 0 fully saturated rings. The average Bonchev–Trinajstić information content (AvgIpc) is 3.26. The lowest BCUT2D eigenvalue weighted by molar-refractivity contribution is -0.139. The number of nitrogens with zero attached hydrogens (tertiary/aromatic N) is 1. The lowest BCUT2D eigenvalue weighted by atomic mass is 10.1. The number of hydrogen-bond acceptors (Lipinski definition) is 6. The van der Waals surface area contributed by atoms with Gasteiger partial charge < -0.3 is 19.9 Å². The lowest BCUT2D eigenvalue weighted by Gasteiger charge is -2.15. The first kappa shape index (κ1) is 27.7. The predicted molar refractivity (Wildman–Crippen MR) is 147 cm³/mol. The first-order valence-corrected chi connectivity index (χ1v) is 13.7. The van der Waals surface area contributed by atoms with Gasteiger partial charge in [0.2, 0.25) is 0 Å². The van der Waals surface area contributed by atoms with Gasteiger partial charge in [-0.05, 0) is 61.2 Å². The van der Waals surface area contributed by atoms with Gasteiger partial charge in [-0.1, -0.05) is 48.0 Å². The third kappa shape index (κ3) is 5.91. The summed E-state index contributed by atoms with van der Waals surface area (Å²) >= 11 is 0. The molecule has 1 amide bonds. The fraction of sp³-hybridized carbons (Fsp3) is 0.241. The van der Waals surface area contributed by atoms with Crippen LogP contribution in [-0.4, -0.2) is 42.7 Å². The van der Waals surface area contributed by atoms with E-state index in [4.69, 9.17) is 9.47 Å². The molecule has 0 saturated heterocycles. The van der Waals surface area contributed by atoms with Gasteiger partial charge in [-0.2, -0.15) is 0 Å². The minimum atomic E-state index is -4.00. The normalized spacial score (nSPS) is 12.2. The fourth-order valence-corrected chi connectivity index (χ4v) is 6.54. The van der Waals surface area contributed by atoms with E-state index in [0.29, 0.717) is 38.9 Å². The van der Waals surface area contributed by atoms with Crippen LogP contribution in [-0.2, 0) is 32.6 Å². The number of para-hydroxylation sites is 1. The number of methoxy groups -OCH3 is 1. The summed E-state index contributed by atoms with van der Waals surface area (Å²) in [4.78, 5) is 24.7. The Balaban J connectivity index is 1.60. The van der Waals surface area contributed by atoms with Gasteiger partial charge in [-0.3, -0.25) is 0 Å². The zero-order chi connectivity index (χ0) is 28.3. The number of aromatic nitrogens is 1. The summed E-state index contributed by atoms with van der Waals surface area (Å²) in [5.74, 6) is -0.621. The van der Waals surface area contributed by atoms with Gasteiger partial charge in [-0.15, -0.1) is 0 Å². The summed E-state index contributed by atoms with van der Waals surface area (Å²) in [7, 11) is -2.45. The number of hydrogen-bond donors (Lipinski definition) is 2. The van der Waals surface area contributed by atoms with Crippen LogP contribution in [0.1, 0.15) is 27.8 Å². The maximum absolute atomic E-state index is 13.8. The summed E-state index contributed by atoms with van der Waals surface area (Å²) < 4.78 is 39.1. The fourth-order valence-electron chi connectivity index (χ4n) is 4.73. The van der Waals surface area contributed by atoms with Gasteiger partial charge in [0.1, 0.15) is 18.4 Å². The Morgan fingerprint density at radius 1 is 1.00 bits per heavy atom. The molecular formula is C29H30N2O7S. The molecule has 0 aliphatic rings. The van der Waals surface area contributed by atoms with Crippen molar-refractivity contribution in [1.82, 2.24) is 9.29 Å². The highest BCUT2D eigenvalue weighted by molar-refractivity contribution is 7.90. The van der Waals surface area contributed by atoms with Crippen LogP contribution in [0.5, 0.6) is 5.75 Å². The van der Waals surface area contributed by atoms with Crippen molar-refractivity contribution in [3.05, 3.63) is 94.7 Å². The van der Waals surface area contributed by atoms with E-state index >= 15 is 0 Å². The van der Waals surface area contributed by atoms with Crippen LogP contribution < -0.4 is 10.1 Å². The highest BCUT2D eigenvalue weighted by atomic mass is 32.2. The SMILES string of the molecule is COc1ccc(COC(=O)N[C@@H](Cc2cn(S(=O)(=O)c3c(C)cc(C)cc3C)c3ccccc23)C(=O)O)cc1. The predicted octanol–water partition coefficient (Wildman–Crippen LogP) is 4.73. The molecule has 4 aromatic rings. The third-order valence-electron chi connectivity index (χ3n) is 6.43. The summed E-state index contributed by atoms with van der Waals surface area (Å²) in [6.45, 7) is 5.35. The number of fused-ring (bicyclic) bond motifs is 1. The van der Waals surface area contributed by atoms with Crippen LogP contribution in [0.25, 0.3) is 10.9 Å². The number of carboxylic acids is 1. The highest BCUT2D eigenvalue weighted by Gasteiger charge is 2.28. The van der Waals surface area contributed by atoms with Crippen LogP contribution >= 0.6 is 0 Å². The molecule has 1 heterocycles. The van der Waals surface area contributed by atoms with Gasteiger partial charge in [0.05, 0.1) is 17.5 Å². The average molecular weight is 551 g/mol. The van der Waals surface area contributed by atoms with Gasteiger partial charge in [0, 0.05) is 18.0 Å². The van der Waals surface area contributed by atoms with E-state index in [0.717, 1.165) is 5.56 Å². The number of benzene rings is 3. The molecule has 2 N–H and O–H groups in total. The Hall–Kier alpha value is -4.31.